The number of rotatable bonds is 8. The Kier molecular flexibility index (Phi) is 8.49. The number of unbranched alkanes of at least 4 members (excludes halogenated alkanes) is 1. The third kappa shape index (κ3) is 8.42. The van der Waals surface area contributed by atoms with Crippen molar-refractivity contribution in [2.24, 2.45) is 28.2 Å². The number of ether oxygens (including phenoxy) is 1. The SMILES string of the molecule is CC(C)(C)C(CCOC(=O)C(N)CCCCN)C(C)(C)C. The Morgan fingerprint density at radius 3 is 1.95 bits per heavy atom. The normalized spacial score (nSPS) is 14.3. The van der Waals surface area contributed by atoms with Crippen LogP contribution in [0.5, 0.6) is 0 Å². The van der Waals surface area contributed by atoms with Crippen molar-refractivity contribution in [2.75, 3.05) is 13.2 Å². The number of hydrogen-bond donors (Lipinski definition) is 2. The van der Waals surface area contributed by atoms with Gasteiger partial charge in [-0.3, -0.25) is 4.79 Å². The van der Waals surface area contributed by atoms with Crippen molar-refractivity contribution in [2.45, 2.75) is 73.3 Å². The molecule has 0 aliphatic heterocycles. The first kappa shape index (κ1) is 20.4. The quantitative estimate of drug-likeness (QED) is 0.533. The summed E-state index contributed by atoms with van der Waals surface area (Å²) in [6.07, 6.45) is 3.29. The molecule has 0 radical (unpaired) electrons. The van der Waals surface area contributed by atoms with Gasteiger partial charge in [-0.05, 0) is 42.6 Å². The molecule has 0 saturated carbocycles. The van der Waals surface area contributed by atoms with Gasteiger partial charge in [-0.1, -0.05) is 48.0 Å². The van der Waals surface area contributed by atoms with Gasteiger partial charge in [0.15, 0.2) is 0 Å². The fraction of sp³-hybridized carbons (Fsp3) is 0.941. The maximum Gasteiger partial charge on any atom is 0.322 e. The van der Waals surface area contributed by atoms with Gasteiger partial charge < -0.3 is 16.2 Å². The van der Waals surface area contributed by atoms with Gasteiger partial charge in [0, 0.05) is 0 Å². The van der Waals surface area contributed by atoms with E-state index in [2.05, 4.69) is 41.5 Å². The van der Waals surface area contributed by atoms with Crippen molar-refractivity contribution >= 4 is 5.97 Å². The molecule has 0 amide bonds. The summed E-state index contributed by atoms with van der Waals surface area (Å²) in [5, 5.41) is 0. The molecule has 0 aromatic heterocycles. The monoisotopic (exact) mass is 300 g/mol. The molecule has 21 heavy (non-hydrogen) atoms. The summed E-state index contributed by atoms with van der Waals surface area (Å²) in [6.45, 7) is 14.5. The summed E-state index contributed by atoms with van der Waals surface area (Å²) in [4.78, 5) is 11.8. The van der Waals surface area contributed by atoms with E-state index in [1.807, 2.05) is 0 Å². The molecule has 0 heterocycles. The lowest BCUT2D eigenvalue weighted by molar-refractivity contribution is -0.146. The van der Waals surface area contributed by atoms with Crippen LogP contribution in [0.4, 0.5) is 0 Å². The minimum Gasteiger partial charge on any atom is -0.465 e. The Labute approximate surface area is 131 Å². The standard InChI is InChI=1S/C17H36N2O2/c1-16(2,3)14(17(4,5)6)10-12-21-15(20)13(19)9-7-8-11-18/h13-14H,7-12,18-19H2,1-6H3. The second-order valence-corrected chi connectivity index (χ2v) is 8.13. The maximum atomic E-state index is 11.8. The maximum absolute atomic E-state index is 11.8. The van der Waals surface area contributed by atoms with Crippen LogP contribution < -0.4 is 11.5 Å². The molecule has 0 rings (SSSR count). The number of esters is 1. The smallest absolute Gasteiger partial charge is 0.322 e. The van der Waals surface area contributed by atoms with Crippen molar-refractivity contribution < 1.29 is 9.53 Å². The average molecular weight is 300 g/mol. The lowest BCUT2D eigenvalue weighted by atomic mass is 9.65. The molecule has 0 spiro atoms. The fourth-order valence-electron chi connectivity index (χ4n) is 3.18. The first-order valence-corrected chi connectivity index (χ1v) is 8.12. The number of hydrogen-bond acceptors (Lipinski definition) is 4. The number of nitrogens with two attached hydrogens (primary N) is 2. The summed E-state index contributed by atoms with van der Waals surface area (Å²) in [6, 6.07) is -0.515. The van der Waals surface area contributed by atoms with E-state index in [0.717, 1.165) is 19.3 Å². The predicted octanol–water partition coefficient (Wildman–Crippen LogP) is 3.08. The zero-order chi connectivity index (χ0) is 16.7. The Morgan fingerprint density at radius 2 is 1.52 bits per heavy atom. The first-order chi connectivity index (χ1) is 9.50. The molecule has 1 unspecified atom stereocenters. The largest absolute Gasteiger partial charge is 0.465 e. The molecular weight excluding hydrogens is 264 g/mol. The minimum absolute atomic E-state index is 0.188. The third-order valence-electron chi connectivity index (χ3n) is 4.01. The van der Waals surface area contributed by atoms with Crippen LogP contribution in [0.15, 0.2) is 0 Å². The summed E-state index contributed by atoms with van der Waals surface area (Å²) in [5.74, 6) is 0.194. The van der Waals surface area contributed by atoms with Gasteiger partial charge in [-0.15, -0.1) is 0 Å². The van der Waals surface area contributed by atoms with Gasteiger partial charge in [0.05, 0.1) is 6.61 Å². The van der Waals surface area contributed by atoms with E-state index < -0.39 is 6.04 Å². The van der Waals surface area contributed by atoms with E-state index in [4.69, 9.17) is 16.2 Å². The van der Waals surface area contributed by atoms with Crippen molar-refractivity contribution in [3.63, 3.8) is 0 Å². The molecule has 0 fully saturated rings. The summed E-state index contributed by atoms with van der Waals surface area (Å²) >= 11 is 0. The molecule has 1 atom stereocenters. The molecular formula is C17H36N2O2. The van der Waals surface area contributed by atoms with Crippen LogP contribution >= 0.6 is 0 Å². The molecule has 4 heteroatoms. The minimum atomic E-state index is -0.515. The van der Waals surface area contributed by atoms with Crippen LogP contribution in [0.25, 0.3) is 0 Å². The summed E-state index contributed by atoms with van der Waals surface area (Å²) in [5.41, 5.74) is 11.6. The van der Waals surface area contributed by atoms with Crippen molar-refractivity contribution in [3.8, 4) is 0 Å². The lowest BCUT2D eigenvalue weighted by Crippen LogP contribution is -2.36. The molecule has 126 valence electrons. The van der Waals surface area contributed by atoms with Gasteiger partial charge in [0.1, 0.15) is 6.04 Å². The Hall–Kier alpha value is -0.610. The molecule has 4 nitrogen and oxygen atoms in total. The lowest BCUT2D eigenvalue weighted by Gasteiger charge is -2.40. The van der Waals surface area contributed by atoms with Gasteiger partial charge in [0.25, 0.3) is 0 Å². The molecule has 0 saturated heterocycles. The topological polar surface area (TPSA) is 78.3 Å². The van der Waals surface area contributed by atoms with E-state index in [9.17, 15) is 4.79 Å². The van der Waals surface area contributed by atoms with Crippen molar-refractivity contribution in [3.05, 3.63) is 0 Å². The highest BCUT2D eigenvalue weighted by Gasteiger charge is 2.34. The Bertz CT molecular complexity index is 289. The van der Waals surface area contributed by atoms with E-state index in [1.54, 1.807) is 0 Å². The van der Waals surface area contributed by atoms with Gasteiger partial charge in [-0.2, -0.15) is 0 Å². The highest BCUT2D eigenvalue weighted by atomic mass is 16.5. The predicted molar refractivity (Wildman–Crippen MR) is 88.9 cm³/mol. The van der Waals surface area contributed by atoms with E-state index in [0.29, 0.717) is 25.5 Å². The molecule has 0 bridgehead atoms. The fourth-order valence-corrected chi connectivity index (χ4v) is 3.18. The highest BCUT2D eigenvalue weighted by Crippen LogP contribution is 2.41. The Morgan fingerprint density at radius 1 is 1.00 bits per heavy atom. The second kappa shape index (κ2) is 8.74. The zero-order valence-corrected chi connectivity index (χ0v) is 14.9. The second-order valence-electron chi connectivity index (χ2n) is 8.13. The molecule has 0 aromatic rings. The zero-order valence-electron chi connectivity index (χ0n) is 14.9. The number of carbonyl (C=O) groups is 1. The van der Waals surface area contributed by atoms with Crippen LogP contribution in [0.1, 0.15) is 67.2 Å². The van der Waals surface area contributed by atoms with E-state index in [-0.39, 0.29) is 16.8 Å². The Balaban J connectivity index is 4.24. The summed E-state index contributed by atoms with van der Waals surface area (Å²) < 4.78 is 5.36. The number of carbonyl (C=O) groups excluding carboxylic acids is 1. The average Bonchev–Trinajstić information content (AvgIpc) is 2.31. The highest BCUT2D eigenvalue weighted by molar-refractivity contribution is 5.75. The van der Waals surface area contributed by atoms with Gasteiger partial charge >= 0.3 is 5.97 Å². The first-order valence-electron chi connectivity index (χ1n) is 8.12. The summed E-state index contributed by atoms with van der Waals surface area (Å²) in [7, 11) is 0. The van der Waals surface area contributed by atoms with E-state index >= 15 is 0 Å². The van der Waals surface area contributed by atoms with Crippen LogP contribution in [-0.4, -0.2) is 25.2 Å². The van der Waals surface area contributed by atoms with Gasteiger partial charge in [-0.25, -0.2) is 0 Å². The van der Waals surface area contributed by atoms with Crippen LogP contribution in [0, 0.1) is 16.7 Å². The van der Waals surface area contributed by atoms with Crippen LogP contribution in [-0.2, 0) is 9.53 Å². The van der Waals surface area contributed by atoms with Crippen molar-refractivity contribution in [1.82, 2.24) is 0 Å². The molecule has 0 aromatic carbocycles. The molecule has 4 N–H and O–H groups in total. The van der Waals surface area contributed by atoms with Crippen LogP contribution in [0.3, 0.4) is 0 Å². The third-order valence-corrected chi connectivity index (χ3v) is 4.01. The van der Waals surface area contributed by atoms with Gasteiger partial charge in [0.2, 0.25) is 0 Å². The molecule has 0 aliphatic rings. The van der Waals surface area contributed by atoms with Crippen molar-refractivity contribution in [1.29, 1.82) is 0 Å². The molecule has 0 aliphatic carbocycles. The van der Waals surface area contributed by atoms with E-state index in [1.165, 1.54) is 0 Å². The van der Waals surface area contributed by atoms with Crippen LogP contribution in [0.2, 0.25) is 0 Å².